The van der Waals surface area contributed by atoms with Gasteiger partial charge in [-0.1, -0.05) is 39.2 Å². The summed E-state index contributed by atoms with van der Waals surface area (Å²) in [4.78, 5) is 32.7. The highest BCUT2D eigenvalue weighted by Crippen LogP contribution is 2.48. The van der Waals surface area contributed by atoms with Crippen LogP contribution in [0.3, 0.4) is 0 Å². The summed E-state index contributed by atoms with van der Waals surface area (Å²) in [6.45, 7) is 9.62. The number of amides is 2. The molecule has 0 spiro atoms. The SMILES string of the molecule is COc1ccc2c(c1)C=C(c1c(C(=O)N3C[C@H]4CC[C@@H](C3)N4C)cnn1C(C)C)Cn1c-2c(C2CCCCC2)c2ccc(C(=O)NS(=O)(=O)CC(C)C)cc21. The van der Waals surface area contributed by atoms with Crippen LogP contribution in [0, 0.1) is 5.92 Å². The molecule has 11 nitrogen and oxygen atoms in total. The number of carbonyl (C=O) groups excluding carboxylic acids is 2. The molecule has 2 saturated heterocycles. The number of carbonyl (C=O) groups is 2. The first kappa shape index (κ1) is 37.5. The zero-order valence-corrected chi connectivity index (χ0v) is 33.8. The molecule has 1 aliphatic carbocycles. The van der Waals surface area contributed by atoms with Gasteiger partial charge < -0.3 is 14.2 Å². The van der Waals surface area contributed by atoms with Crippen molar-refractivity contribution in [2.45, 2.75) is 103 Å². The minimum atomic E-state index is -3.82. The lowest BCUT2D eigenvalue weighted by molar-refractivity contribution is 0.0523. The molecule has 292 valence electrons. The van der Waals surface area contributed by atoms with Gasteiger partial charge in [0.05, 0.1) is 42.6 Å². The highest BCUT2D eigenvalue weighted by molar-refractivity contribution is 7.90. The van der Waals surface area contributed by atoms with E-state index in [-0.39, 0.29) is 29.2 Å². The summed E-state index contributed by atoms with van der Waals surface area (Å²) in [6.07, 6.45) is 11.8. The summed E-state index contributed by atoms with van der Waals surface area (Å²) >= 11 is 0. The van der Waals surface area contributed by atoms with Crippen molar-refractivity contribution in [2.24, 2.45) is 5.92 Å². The Morgan fingerprint density at radius 3 is 2.35 bits per heavy atom. The largest absolute Gasteiger partial charge is 0.497 e. The number of likely N-dealkylation sites (N-methyl/N-ethyl adjacent to an activating group) is 1. The molecule has 2 aromatic heterocycles. The smallest absolute Gasteiger partial charge is 0.264 e. The van der Waals surface area contributed by atoms with E-state index in [0.717, 1.165) is 83.3 Å². The lowest BCUT2D eigenvalue weighted by atomic mass is 9.81. The molecule has 4 aliphatic rings. The second kappa shape index (κ2) is 14.6. The Labute approximate surface area is 324 Å². The normalized spacial score (nSPS) is 20.4. The van der Waals surface area contributed by atoms with Gasteiger partial charge in [0.1, 0.15) is 5.75 Å². The number of nitrogens with one attached hydrogen (secondary N) is 1. The van der Waals surface area contributed by atoms with Crippen LogP contribution in [0.4, 0.5) is 0 Å². The molecule has 4 aromatic rings. The molecule has 3 fully saturated rings. The fourth-order valence-electron chi connectivity index (χ4n) is 9.69. The standard InChI is InChI=1S/C43H54N6O5S/c1-26(2)25-55(52,53)45-42(50)29-12-16-36-38(20-29)48-22-31(18-30-19-34(54-6)15-17-35(30)41(48)39(36)28-10-8-7-9-11-28)40-37(21-44-49(40)27(3)4)43(51)47-23-32-13-14-33(24-47)46(32)5/h12,15-21,26-28,32-33H,7-11,13-14,22-25H2,1-6H3,(H,45,50)/t32-,33+. The van der Waals surface area contributed by atoms with Crippen molar-refractivity contribution in [1.82, 2.24) is 28.9 Å². The summed E-state index contributed by atoms with van der Waals surface area (Å²) in [5.74, 6) is 0.159. The van der Waals surface area contributed by atoms with E-state index in [0.29, 0.717) is 43.2 Å². The van der Waals surface area contributed by atoms with Crippen molar-refractivity contribution in [3.05, 3.63) is 70.5 Å². The van der Waals surface area contributed by atoms with Gasteiger partial charge in [-0.15, -0.1) is 0 Å². The maximum atomic E-state index is 14.6. The summed E-state index contributed by atoms with van der Waals surface area (Å²) in [5, 5.41) is 5.92. The van der Waals surface area contributed by atoms with E-state index in [4.69, 9.17) is 9.84 Å². The van der Waals surface area contributed by atoms with Crippen LogP contribution in [-0.4, -0.2) is 89.5 Å². The first-order chi connectivity index (χ1) is 26.3. The van der Waals surface area contributed by atoms with Crippen molar-refractivity contribution in [3.8, 4) is 17.0 Å². The number of likely N-dealkylation sites (tertiary alicyclic amines) is 1. The van der Waals surface area contributed by atoms with Crippen LogP contribution in [0.2, 0.25) is 0 Å². The zero-order chi connectivity index (χ0) is 38.8. The van der Waals surface area contributed by atoms with Gasteiger partial charge in [0.15, 0.2) is 0 Å². The Hall–Kier alpha value is -4.42. The fourth-order valence-corrected chi connectivity index (χ4v) is 11.0. The van der Waals surface area contributed by atoms with E-state index in [1.54, 1.807) is 19.4 Å². The number of hydrogen-bond donors (Lipinski definition) is 1. The van der Waals surface area contributed by atoms with Crippen molar-refractivity contribution < 1.29 is 22.7 Å². The van der Waals surface area contributed by atoms with Gasteiger partial charge in [-0.25, -0.2) is 13.1 Å². The van der Waals surface area contributed by atoms with Crippen LogP contribution >= 0.6 is 0 Å². The number of rotatable bonds is 9. The van der Waals surface area contributed by atoms with Gasteiger partial charge in [-0.2, -0.15) is 5.10 Å². The van der Waals surface area contributed by atoms with Crippen molar-refractivity contribution in [2.75, 3.05) is 33.0 Å². The zero-order valence-electron chi connectivity index (χ0n) is 33.0. The van der Waals surface area contributed by atoms with Crippen LogP contribution in [0.25, 0.3) is 33.8 Å². The third-order valence-corrected chi connectivity index (χ3v) is 13.9. The van der Waals surface area contributed by atoms with Gasteiger partial charge in [0.25, 0.3) is 11.8 Å². The van der Waals surface area contributed by atoms with Crippen LogP contribution in [0.5, 0.6) is 5.75 Å². The number of aromatic nitrogens is 3. The fraction of sp³-hybridized carbons (Fsp3) is 0.512. The quantitative estimate of drug-likeness (QED) is 0.190. The summed E-state index contributed by atoms with van der Waals surface area (Å²) < 4.78 is 38.1. The van der Waals surface area contributed by atoms with E-state index in [1.807, 2.05) is 41.6 Å². The topological polar surface area (TPSA) is 119 Å². The molecule has 0 radical (unpaired) electrons. The highest BCUT2D eigenvalue weighted by Gasteiger charge is 2.41. The number of nitrogens with zero attached hydrogens (tertiary/aromatic N) is 5. The van der Waals surface area contributed by atoms with Gasteiger partial charge >= 0.3 is 0 Å². The predicted molar refractivity (Wildman–Crippen MR) is 217 cm³/mol. The number of fused-ring (bicyclic) bond motifs is 7. The summed E-state index contributed by atoms with van der Waals surface area (Å²) in [6, 6.07) is 12.5. The maximum absolute atomic E-state index is 14.6. The third-order valence-electron chi connectivity index (χ3n) is 12.3. The highest BCUT2D eigenvalue weighted by atomic mass is 32.2. The molecule has 2 aromatic carbocycles. The van der Waals surface area contributed by atoms with E-state index in [2.05, 4.69) is 53.3 Å². The molecule has 12 heteroatoms. The van der Waals surface area contributed by atoms with E-state index < -0.39 is 15.9 Å². The predicted octanol–water partition coefficient (Wildman–Crippen LogP) is 7.33. The van der Waals surface area contributed by atoms with Gasteiger partial charge in [0, 0.05) is 53.2 Å². The average Bonchev–Trinajstić information content (AvgIpc) is 3.74. The van der Waals surface area contributed by atoms with Crippen molar-refractivity contribution >= 4 is 44.4 Å². The van der Waals surface area contributed by atoms with Crippen LogP contribution in [-0.2, 0) is 16.6 Å². The Morgan fingerprint density at radius 1 is 0.945 bits per heavy atom. The van der Waals surface area contributed by atoms with Gasteiger partial charge in [-0.3, -0.25) is 19.2 Å². The lowest BCUT2D eigenvalue weighted by Gasteiger charge is -2.38. The number of piperazine rings is 1. The number of benzene rings is 2. The van der Waals surface area contributed by atoms with Crippen LogP contribution < -0.4 is 9.46 Å². The Bertz CT molecular complexity index is 2280. The Morgan fingerprint density at radius 2 is 1.67 bits per heavy atom. The van der Waals surface area contributed by atoms with Crippen molar-refractivity contribution in [3.63, 3.8) is 0 Å². The Kier molecular flexibility index (Phi) is 9.94. The molecule has 8 rings (SSSR count). The monoisotopic (exact) mass is 766 g/mol. The summed E-state index contributed by atoms with van der Waals surface area (Å²) in [5.41, 5.74) is 7.85. The average molecular weight is 767 g/mol. The van der Waals surface area contributed by atoms with Gasteiger partial charge in [-0.05, 0) is 112 Å². The van der Waals surface area contributed by atoms with E-state index in [9.17, 15) is 18.0 Å². The van der Waals surface area contributed by atoms with Crippen LogP contribution in [0.15, 0.2) is 42.6 Å². The molecule has 0 unspecified atom stereocenters. The third kappa shape index (κ3) is 6.90. The van der Waals surface area contributed by atoms with E-state index >= 15 is 0 Å². The first-order valence-corrected chi connectivity index (χ1v) is 21.7. The number of sulfonamides is 1. The maximum Gasteiger partial charge on any atom is 0.264 e. The van der Waals surface area contributed by atoms with Crippen molar-refractivity contribution in [1.29, 1.82) is 0 Å². The molecular formula is C43H54N6O5S. The van der Waals surface area contributed by atoms with Crippen LogP contribution in [0.1, 0.15) is 122 Å². The minimum Gasteiger partial charge on any atom is -0.497 e. The molecule has 1 saturated carbocycles. The molecule has 2 bridgehead atoms. The summed E-state index contributed by atoms with van der Waals surface area (Å²) in [7, 11) is 0.0324. The van der Waals surface area contributed by atoms with E-state index in [1.165, 1.54) is 12.0 Å². The molecular weight excluding hydrogens is 713 g/mol. The number of ether oxygens (including phenoxy) is 1. The second-order valence-corrected chi connectivity index (χ2v) is 18.6. The minimum absolute atomic E-state index is 0.00459. The molecule has 1 N–H and O–H groups in total. The molecule has 55 heavy (non-hydrogen) atoms. The molecule has 3 aliphatic heterocycles. The van der Waals surface area contributed by atoms with Gasteiger partial charge in [0.2, 0.25) is 10.0 Å². The molecule has 2 amide bonds. The lowest BCUT2D eigenvalue weighted by Crippen LogP contribution is -2.53. The molecule has 5 heterocycles. The molecule has 2 atom stereocenters. The first-order valence-electron chi connectivity index (χ1n) is 20.0. The second-order valence-electron chi connectivity index (χ2n) is 16.9. The number of methoxy groups -OCH3 is 1. The number of hydrogen-bond acceptors (Lipinski definition) is 7. The number of allylic oxidation sites excluding steroid dienone is 1. The Balaban J connectivity index is 1.32.